The number of carbonyl (C=O) groups is 1. The third-order valence-corrected chi connectivity index (χ3v) is 5.38. The van der Waals surface area contributed by atoms with Crippen molar-refractivity contribution in [1.82, 2.24) is 4.90 Å². The summed E-state index contributed by atoms with van der Waals surface area (Å²) >= 11 is 0. The summed E-state index contributed by atoms with van der Waals surface area (Å²) < 4.78 is 13.6. The van der Waals surface area contributed by atoms with Crippen LogP contribution in [0.2, 0.25) is 0 Å². The number of rotatable bonds is 3. The first-order valence-corrected chi connectivity index (χ1v) is 8.44. The summed E-state index contributed by atoms with van der Waals surface area (Å²) in [4.78, 5) is 14.7. The highest BCUT2D eigenvalue weighted by atomic mass is 19.1. The van der Waals surface area contributed by atoms with Crippen LogP contribution in [-0.2, 0) is 4.79 Å². The lowest BCUT2D eigenvalue weighted by molar-refractivity contribution is -0.122. The summed E-state index contributed by atoms with van der Waals surface area (Å²) in [5.41, 5.74) is 0.270. The van der Waals surface area contributed by atoms with E-state index in [9.17, 15) is 9.18 Å². The van der Waals surface area contributed by atoms with E-state index in [1.807, 2.05) is 6.92 Å². The average Bonchev–Trinajstić information content (AvgIpc) is 2.55. The van der Waals surface area contributed by atoms with Crippen LogP contribution in [0, 0.1) is 17.7 Å². The highest BCUT2D eigenvalue weighted by Crippen LogP contribution is 2.36. The van der Waals surface area contributed by atoms with Crippen molar-refractivity contribution in [3.63, 3.8) is 0 Å². The number of piperidine rings is 1. The Kier molecular flexibility index (Phi) is 4.77. The van der Waals surface area contributed by atoms with E-state index in [0.29, 0.717) is 0 Å². The van der Waals surface area contributed by atoms with Gasteiger partial charge in [0, 0.05) is 6.54 Å². The fraction of sp³-hybridized carbons (Fsp3) is 0.611. The minimum atomic E-state index is -0.381. The molecule has 2 aliphatic rings. The molecule has 0 unspecified atom stereocenters. The predicted octanol–water partition coefficient (Wildman–Crippen LogP) is 3.66. The molecule has 3 rings (SSSR count). The molecular weight excluding hydrogens is 279 g/mol. The molecule has 0 aromatic heterocycles. The number of nitrogens with zero attached hydrogens (tertiary/aromatic N) is 1. The van der Waals surface area contributed by atoms with Gasteiger partial charge in [-0.2, -0.15) is 0 Å². The van der Waals surface area contributed by atoms with Gasteiger partial charge in [-0.05, 0) is 50.3 Å². The highest BCUT2D eigenvalue weighted by Gasteiger charge is 2.34. The number of amides is 1. The fourth-order valence-electron chi connectivity index (χ4n) is 3.95. The number of anilines is 1. The Morgan fingerprint density at radius 3 is 2.73 bits per heavy atom. The molecule has 1 saturated heterocycles. The van der Waals surface area contributed by atoms with Crippen LogP contribution in [0.15, 0.2) is 24.3 Å². The van der Waals surface area contributed by atoms with E-state index >= 15 is 0 Å². The van der Waals surface area contributed by atoms with Crippen LogP contribution in [0.25, 0.3) is 0 Å². The second-order valence-electron chi connectivity index (χ2n) is 6.73. The zero-order valence-corrected chi connectivity index (χ0v) is 13.2. The van der Waals surface area contributed by atoms with Crippen molar-refractivity contribution in [3.05, 3.63) is 30.1 Å². The monoisotopic (exact) mass is 304 g/mol. The molecule has 1 N–H and O–H groups in total. The first-order chi connectivity index (χ1) is 10.6. The van der Waals surface area contributed by atoms with Crippen LogP contribution in [0.3, 0.4) is 0 Å². The highest BCUT2D eigenvalue weighted by molar-refractivity contribution is 5.94. The molecule has 120 valence electrons. The summed E-state index contributed by atoms with van der Waals surface area (Å²) in [6, 6.07) is 6.13. The standard InChI is InChI=1S/C18H25FN2O/c1-13(18(22)20-17-9-5-4-8-16(17)19)21-11-10-14-6-2-3-7-15(14)12-21/h4-5,8-9,13-15H,2-3,6-7,10-12H2,1H3,(H,20,22)/t13-,14-,15-/m1/s1. The van der Waals surface area contributed by atoms with Gasteiger partial charge in [0.05, 0.1) is 11.7 Å². The summed E-state index contributed by atoms with van der Waals surface area (Å²) in [6.45, 7) is 3.92. The Bertz CT molecular complexity index is 534. The number of likely N-dealkylation sites (tertiary alicyclic amines) is 1. The molecule has 4 heteroatoms. The Morgan fingerprint density at radius 2 is 1.95 bits per heavy atom. The number of nitrogens with one attached hydrogen (secondary N) is 1. The second kappa shape index (κ2) is 6.78. The molecule has 22 heavy (non-hydrogen) atoms. The van der Waals surface area contributed by atoms with E-state index in [1.54, 1.807) is 18.2 Å². The van der Waals surface area contributed by atoms with Gasteiger partial charge in [0.15, 0.2) is 0 Å². The summed E-state index contributed by atoms with van der Waals surface area (Å²) in [6.07, 6.45) is 6.54. The smallest absolute Gasteiger partial charge is 0.241 e. The molecule has 0 bridgehead atoms. The second-order valence-corrected chi connectivity index (χ2v) is 6.73. The van der Waals surface area contributed by atoms with Crippen LogP contribution < -0.4 is 5.32 Å². The lowest BCUT2D eigenvalue weighted by atomic mass is 9.75. The molecule has 0 radical (unpaired) electrons. The molecule has 1 aromatic carbocycles. The lowest BCUT2D eigenvalue weighted by Gasteiger charge is -2.43. The molecule has 3 nitrogen and oxygen atoms in total. The van der Waals surface area contributed by atoms with Gasteiger partial charge in [0.1, 0.15) is 5.82 Å². The van der Waals surface area contributed by atoms with Gasteiger partial charge < -0.3 is 5.32 Å². The van der Waals surface area contributed by atoms with Crippen LogP contribution in [0.5, 0.6) is 0 Å². The van der Waals surface area contributed by atoms with Crippen LogP contribution in [-0.4, -0.2) is 29.9 Å². The molecule has 3 atom stereocenters. The Hall–Kier alpha value is -1.42. The van der Waals surface area contributed by atoms with Gasteiger partial charge in [-0.15, -0.1) is 0 Å². The number of para-hydroxylation sites is 1. The number of fused-ring (bicyclic) bond motifs is 1. The van der Waals surface area contributed by atoms with E-state index < -0.39 is 0 Å². The maximum atomic E-state index is 13.6. The predicted molar refractivity (Wildman–Crippen MR) is 86.1 cm³/mol. The van der Waals surface area contributed by atoms with E-state index in [4.69, 9.17) is 0 Å². The molecular formula is C18H25FN2O. The summed E-state index contributed by atoms with van der Waals surface area (Å²) in [5.74, 6) is 1.10. The number of hydrogen-bond acceptors (Lipinski definition) is 2. The Morgan fingerprint density at radius 1 is 1.23 bits per heavy atom. The van der Waals surface area contributed by atoms with Crippen molar-refractivity contribution >= 4 is 11.6 Å². The number of halogens is 1. The normalized spacial score (nSPS) is 27.0. The van der Waals surface area contributed by atoms with Crippen LogP contribution >= 0.6 is 0 Å². The maximum Gasteiger partial charge on any atom is 0.241 e. The van der Waals surface area contributed by atoms with Crippen LogP contribution in [0.1, 0.15) is 39.0 Å². The van der Waals surface area contributed by atoms with Crippen molar-refractivity contribution in [1.29, 1.82) is 0 Å². The molecule has 1 aliphatic heterocycles. The number of benzene rings is 1. The number of carbonyl (C=O) groups excluding carboxylic acids is 1. The van der Waals surface area contributed by atoms with E-state index in [-0.39, 0.29) is 23.5 Å². The van der Waals surface area contributed by atoms with Crippen LogP contribution in [0.4, 0.5) is 10.1 Å². The fourth-order valence-corrected chi connectivity index (χ4v) is 3.95. The van der Waals surface area contributed by atoms with Crippen molar-refractivity contribution in [2.24, 2.45) is 11.8 Å². The largest absolute Gasteiger partial charge is 0.322 e. The summed E-state index contributed by atoms with van der Waals surface area (Å²) in [7, 11) is 0. The third kappa shape index (κ3) is 3.32. The zero-order valence-electron chi connectivity index (χ0n) is 13.2. The van der Waals surface area contributed by atoms with Crippen molar-refractivity contribution < 1.29 is 9.18 Å². The van der Waals surface area contributed by atoms with Crippen molar-refractivity contribution in [2.45, 2.75) is 45.1 Å². The van der Waals surface area contributed by atoms with E-state index in [2.05, 4.69) is 10.2 Å². The minimum absolute atomic E-state index is 0.112. The molecule has 1 amide bonds. The van der Waals surface area contributed by atoms with Gasteiger partial charge in [-0.3, -0.25) is 9.69 Å². The Labute approximate surface area is 131 Å². The van der Waals surface area contributed by atoms with E-state index in [0.717, 1.165) is 24.9 Å². The van der Waals surface area contributed by atoms with Gasteiger partial charge in [-0.1, -0.05) is 31.4 Å². The molecule has 0 spiro atoms. The van der Waals surface area contributed by atoms with E-state index in [1.165, 1.54) is 38.2 Å². The van der Waals surface area contributed by atoms with Crippen molar-refractivity contribution in [2.75, 3.05) is 18.4 Å². The Balaban J connectivity index is 1.60. The molecule has 1 saturated carbocycles. The molecule has 1 heterocycles. The van der Waals surface area contributed by atoms with Gasteiger partial charge in [0.2, 0.25) is 5.91 Å². The topological polar surface area (TPSA) is 32.3 Å². The quantitative estimate of drug-likeness (QED) is 0.924. The zero-order chi connectivity index (χ0) is 15.5. The first kappa shape index (κ1) is 15.5. The maximum absolute atomic E-state index is 13.6. The first-order valence-electron chi connectivity index (χ1n) is 8.44. The molecule has 1 aliphatic carbocycles. The van der Waals surface area contributed by atoms with Gasteiger partial charge in [-0.25, -0.2) is 4.39 Å². The summed E-state index contributed by atoms with van der Waals surface area (Å²) in [5, 5.41) is 2.72. The lowest BCUT2D eigenvalue weighted by Crippen LogP contribution is -2.50. The third-order valence-electron chi connectivity index (χ3n) is 5.38. The van der Waals surface area contributed by atoms with Crippen molar-refractivity contribution in [3.8, 4) is 0 Å². The number of hydrogen-bond donors (Lipinski definition) is 1. The minimum Gasteiger partial charge on any atom is -0.322 e. The SMILES string of the molecule is C[C@H](C(=O)Nc1ccccc1F)N1CC[C@H]2CCCC[C@@H]2C1. The van der Waals surface area contributed by atoms with Gasteiger partial charge in [0.25, 0.3) is 0 Å². The molecule has 2 fully saturated rings. The van der Waals surface area contributed by atoms with Gasteiger partial charge >= 0.3 is 0 Å². The average molecular weight is 304 g/mol. The molecule has 1 aromatic rings.